The smallest absolute Gasteiger partial charge is 0.240 e. The Morgan fingerprint density at radius 2 is 2.06 bits per heavy atom. The molecule has 94 valence electrons. The lowest BCUT2D eigenvalue weighted by atomic mass is 10.1. The maximum atomic E-state index is 12.3. The van der Waals surface area contributed by atoms with Gasteiger partial charge in [0.15, 0.2) is 0 Å². The minimum atomic E-state index is -0.240. The summed E-state index contributed by atoms with van der Waals surface area (Å²) in [7, 11) is 0. The first-order valence-corrected chi connectivity index (χ1v) is 6.55. The van der Waals surface area contributed by atoms with Crippen LogP contribution in [0.15, 0.2) is 24.3 Å². The minimum absolute atomic E-state index is 0.0800. The second kappa shape index (κ2) is 6.10. The lowest BCUT2D eigenvalue weighted by molar-refractivity contribution is -0.118. The molecule has 0 bridgehead atoms. The molecule has 0 aliphatic rings. The molecule has 0 radical (unpaired) electrons. The average Bonchev–Trinajstić information content (AvgIpc) is 2.28. The van der Waals surface area contributed by atoms with E-state index in [9.17, 15) is 4.79 Å². The molecule has 0 aliphatic heterocycles. The van der Waals surface area contributed by atoms with E-state index >= 15 is 0 Å². The Bertz CT molecular complexity index is 390. The van der Waals surface area contributed by atoms with Crippen LogP contribution in [0.2, 0.25) is 0 Å². The van der Waals surface area contributed by atoms with Gasteiger partial charge in [-0.2, -0.15) is 12.6 Å². The van der Waals surface area contributed by atoms with Crippen LogP contribution in [0.5, 0.6) is 0 Å². The highest BCUT2D eigenvalue weighted by atomic mass is 32.1. The number of hydrogen-bond donors (Lipinski definition) is 1. The molecule has 1 unspecified atom stereocenters. The first-order chi connectivity index (χ1) is 7.97. The summed E-state index contributed by atoms with van der Waals surface area (Å²) in [5.41, 5.74) is 2.12. The summed E-state index contributed by atoms with van der Waals surface area (Å²) in [6, 6.07) is 8.00. The molecule has 1 amide bonds. The van der Waals surface area contributed by atoms with E-state index in [0.29, 0.717) is 6.54 Å². The Hall–Kier alpha value is -0.960. The summed E-state index contributed by atoms with van der Waals surface area (Å²) in [6.07, 6.45) is 0. The van der Waals surface area contributed by atoms with Crippen molar-refractivity contribution in [1.82, 2.24) is 0 Å². The fraction of sp³-hybridized carbons (Fsp3) is 0.500. The number of rotatable bonds is 4. The van der Waals surface area contributed by atoms with E-state index in [1.807, 2.05) is 52.0 Å². The molecule has 0 aliphatic carbocycles. The molecule has 3 heteroatoms. The number of carbonyl (C=O) groups is 1. The van der Waals surface area contributed by atoms with Gasteiger partial charge in [-0.3, -0.25) is 4.79 Å². The highest BCUT2D eigenvalue weighted by Gasteiger charge is 2.23. The minimum Gasteiger partial charge on any atom is -0.312 e. The van der Waals surface area contributed by atoms with Crippen LogP contribution in [0.3, 0.4) is 0 Å². The Morgan fingerprint density at radius 1 is 1.41 bits per heavy atom. The number of nitrogens with zero attached hydrogens (tertiary/aromatic N) is 1. The predicted molar refractivity (Wildman–Crippen MR) is 76.8 cm³/mol. The Morgan fingerprint density at radius 3 is 2.53 bits per heavy atom. The number of amides is 1. The van der Waals surface area contributed by atoms with Crippen molar-refractivity contribution in [3.05, 3.63) is 29.8 Å². The molecule has 0 N–H and O–H groups in total. The summed E-state index contributed by atoms with van der Waals surface area (Å²) in [4.78, 5) is 14.1. The van der Waals surface area contributed by atoms with E-state index in [2.05, 4.69) is 12.6 Å². The summed E-state index contributed by atoms with van der Waals surface area (Å²) in [5.74, 6) is 0.320. The van der Waals surface area contributed by atoms with Gasteiger partial charge in [0.05, 0.1) is 5.25 Å². The van der Waals surface area contributed by atoms with Crippen molar-refractivity contribution in [2.75, 3.05) is 11.4 Å². The van der Waals surface area contributed by atoms with Gasteiger partial charge >= 0.3 is 0 Å². The molecular formula is C14H21NOS. The van der Waals surface area contributed by atoms with Gasteiger partial charge in [-0.05, 0) is 37.5 Å². The lowest BCUT2D eigenvalue weighted by Crippen LogP contribution is -2.39. The van der Waals surface area contributed by atoms with Crippen molar-refractivity contribution in [1.29, 1.82) is 0 Å². The molecule has 1 atom stereocenters. The van der Waals surface area contributed by atoms with Crippen molar-refractivity contribution >= 4 is 24.2 Å². The summed E-state index contributed by atoms with van der Waals surface area (Å²) < 4.78 is 0. The zero-order valence-corrected chi connectivity index (χ0v) is 11.9. The van der Waals surface area contributed by atoms with E-state index in [4.69, 9.17) is 0 Å². The molecule has 0 saturated heterocycles. The van der Waals surface area contributed by atoms with Crippen LogP contribution < -0.4 is 4.90 Å². The standard InChI is InChI=1S/C14H21NOS/c1-5-15(14(16)13(17)10(2)3)12-8-6-7-11(4)9-12/h6-10,13,17H,5H2,1-4H3. The first-order valence-electron chi connectivity index (χ1n) is 6.03. The molecule has 0 aromatic heterocycles. The molecule has 0 heterocycles. The largest absolute Gasteiger partial charge is 0.312 e. The van der Waals surface area contributed by atoms with Gasteiger partial charge in [-0.25, -0.2) is 0 Å². The Balaban J connectivity index is 2.96. The SMILES string of the molecule is CCN(C(=O)C(S)C(C)C)c1cccc(C)c1. The fourth-order valence-electron chi connectivity index (χ4n) is 1.71. The van der Waals surface area contributed by atoms with Gasteiger partial charge in [0, 0.05) is 12.2 Å². The third kappa shape index (κ3) is 3.50. The molecule has 1 aromatic rings. The molecule has 0 fully saturated rings. The van der Waals surface area contributed by atoms with Crippen LogP contribution in [-0.4, -0.2) is 17.7 Å². The number of anilines is 1. The second-order valence-corrected chi connectivity index (χ2v) is 5.17. The highest BCUT2D eigenvalue weighted by Crippen LogP contribution is 2.20. The van der Waals surface area contributed by atoms with Gasteiger partial charge in [0.1, 0.15) is 0 Å². The zero-order valence-electron chi connectivity index (χ0n) is 11.0. The maximum Gasteiger partial charge on any atom is 0.240 e. The van der Waals surface area contributed by atoms with Crippen LogP contribution >= 0.6 is 12.6 Å². The number of benzene rings is 1. The molecular weight excluding hydrogens is 230 g/mol. The third-order valence-electron chi connectivity index (χ3n) is 2.78. The molecule has 17 heavy (non-hydrogen) atoms. The summed E-state index contributed by atoms with van der Waals surface area (Å²) >= 11 is 4.40. The quantitative estimate of drug-likeness (QED) is 0.814. The average molecular weight is 251 g/mol. The molecule has 1 rings (SSSR count). The topological polar surface area (TPSA) is 20.3 Å². The van der Waals surface area contributed by atoms with E-state index in [1.54, 1.807) is 4.90 Å². The summed E-state index contributed by atoms with van der Waals surface area (Å²) in [6.45, 7) is 8.72. The maximum absolute atomic E-state index is 12.3. The molecule has 1 aromatic carbocycles. The van der Waals surface area contributed by atoms with Crippen LogP contribution in [0.25, 0.3) is 0 Å². The van der Waals surface area contributed by atoms with Crippen LogP contribution in [0.1, 0.15) is 26.3 Å². The van der Waals surface area contributed by atoms with E-state index < -0.39 is 0 Å². The highest BCUT2D eigenvalue weighted by molar-refractivity contribution is 7.81. The lowest BCUT2D eigenvalue weighted by Gasteiger charge is -2.26. The van der Waals surface area contributed by atoms with Crippen molar-refractivity contribution in [2.45, 2.75) is 32.9 Å². The van der Waals surface area contributed by atoms with Gasteiger partial charge in [-0.1, -0.05) is 26.0 Å². The van der Waals surface area contributed by atoms with Crippen LogP contribution in [0, 0.1) is 12.8 Å². The van der Waals surface area contributed by atoms with Gasteiger partial charge in [-0.15, -0.1) is 0 Å². The van der Waals surface area contributed by atoms with Gasteiger partial charge in [0.25, 0.3) is 0 Å². The molecule has 0 saturated carbocycles. The summed E-state index contributed by atoms with van der Waals surface area (Å²) in [5, 5.41) is -0.240. The molecule has 2 nitrogen and oxygen atoms in total. The number of aryl methyl sites for hydroxylation is 1. The van der Waals surface area contributed by atoms with E-state index in [1.165, 1.54) is 0 Å². The van der Waals surface area contributed by atoms with Crippen molar-refractivity contribution in [2.24, 2.45) is 5.92 Å². The van der Waals surface area contributed by atoms with Crippen LogP contribution in [0.4, 0.5) is 5.69 Å². The van der Waals surface area contributed by atoms with Crippen molar-refractivity contribution < 1.29 is 4.79 Å². The number of thiol groups is 1. The Kier molecular flexibility index (Phi) is 5.06. The number of hydrogen-bond acceptors (Lipinski definition) is 2. The van der Waals surface area contributed by atoms with Gasteiger partial charge < -0.3 is 4.90 Å². The van der Waals surface area contributed by atoms with E-state index in [-0.39, 0.29) is 17.1 Å². The number of carbonyl (C=O) groups excluding carboxylic acids is 1. The fourth-order valence-corrected chi connectivity index (χ4v) is 1.85. The normalized spacial score (nSPS) is 12.6. The Labute approximate surface area is 109 Å². The second-order valence-electron chi connectivity index (χ2n) is 4.61. The van der Waals surface area contributed by atoms with Crippen molar-refractivity contribution in [3.8, 4) is 0 Å². The predicted octanol–water partition coefficient (Wildman–Crippen LogP) is 3.30. The first kappa shape index (κ1) is 14.1. The monoisotopic (exact) mass is 251 g/mol. The zero-order chi connectivity index (χ0) is 13.0. The third-order valence-corrected chi connectivity index (χ3v) is 3.60. The van der Waals surface area contributed by atoms with Crippen LogP contribution in [-0.2, 0) is 4.79 Å². The molecule has 0 spiro atoms. The van der Waals surface area contributed by atoms with Crippen molar-refractivity contribution in [3.63, 3.8) is 0 Å². The van der Waals surface area contributed by atoms with E-state index in [0.717, 1.165) is 11.3 Å². The van der Waals surface area contributed by atoms with Gasteiger partial charge in [0.2, 0.25) is 5.91 Å².